The van der Waals surface area contributed by atoms with Gasteiger partial charge >= 0.3 is 13.7 Å². The van der Waals surface area contributed by atoms with Crippen LogP contribution in [0.5, 0.6) is 5.75 Å². The highest BCUT2D eigenvalue weighted by molar-refractivity contribution is 7.76. The second-order valence-corrected chi connectivity index (χ2v) is 4.38. The molecule has 0 saturated carbocycles. The number of rotatable bonds is 0. The minimum atomic E-state index is -1.65. The molecule has 1 heterocycles. The second kappa shape index (κ2) is 3.33. The van der Waals surface area contributed by atoms with Crippen molar-refractivity contribution in [2.45, 2.75) is 0 Å². The Kier molecular flexibility index (Phi) is 2.33. The van der Waals surface area contributed by atoms with E-state index in [-0.39, 0.29) is 0 Å². The van der Waals surface area contributed by atoms with Crippen molar-refractivity contribution in [1.82, 2.24) is 0 Å². The number of carbonyl (C=O) groups excluding carboxylic acids is 1. The van der Waals surface area contributed by atoms with E-state index in [1.807, 2.05) is 0 Å². The van der Waals surface area contributed by atoms with Crippen molar-refractivity contribution in [3.8, 4) is 5.75 Å². The Balaban J connectivity index is 2.49. The van der Waals surface area contributed by atoms with Gasteiger partial charge in [0.05, 0.1) is 0 Å². The molecule has 0 saturated heterocycles. The van der Waals surface area contributed by atoms with Crippen molar-refractivity contribution in [2.24, 2.45) is 0 Å². The van der Waals surface area contributed by atoms with Crippen LogP contribution in [0, 0.1) is 0 Å². The lowest BCUT2D eigenvalue weighted by Crippen LogP contribution is -2.09. The van der Waals surface area contributed by atoms with Gasteiger partial charge in [-0.05, 0) is 29.4 Å². The quantitative estimate of drug-likeness (QED) is 0.649. The molecule has 1 aromatic carbocycles. The first-order valence-corrected chi connectivity index (χ1v) is 5.78. The number of hydrogen-bond donors (Lipinski definition) is 0. The molecule has 68 valence electrons. The molecule has 6 heteroatoms. The van der Waals surface area contributed by atoms with Gasteiger partial charge < -0.3 is 9.05 Å². The third-order valence-electron chi connectivity index (χ3n) is 1.49. The van der Waals surface area contributed by atoms with Crippen LogP contribution in [0.25, 0.3) is 0 Å². The number of benzene rings is 1. The molecule has 0 aliphatic carbocycles. The topological polar surface area (TPSA) is 35.5 Å². The molecule has 0 N–H and O–H groups in total. The molecule has 0 spiro atoms. The van der Waals surface area contributed by atoms with Gasteiger partial charge in [-0.3, -0.25) is 0 Å². The molecule has 13 heavy (non-hydrogen) atoms. The molecular formula is C7H3Cl2O3P. The summed E-state index contributed by atoms with van der Waals surface area (Å²) in [6.45, 7) is 0. The zero-order valence-electron chi connectivity index (χ0n) is 6.16. The first kappa shape index (κ1) is 9.07. The highest BCUT2D eigenvalue weighted by Crippen LogP contribution is 2.50. The molecule has 3 nitrogen and oxygen atoms in total. The summed E-state index contributed by atoms with van der Waals surface area (Å²) in [5, 5.41) is 0.458. The molecule has 0 fully saturated rings. The molecule has 0 amide bonds. The smallest absolute Gasteiger partial charge is 0.403 e. The van der Waals surface area contributed by atoms with Crippen LogP contribution in [0.4, 0.5) is 0 Å². The van der Waals surface area contributed by atoms with E-state index in [0.717, 1.165) is 0 Å². The molecular weight excluding hydrogens is 234 g/mol. The van der Waals surface area contributed by atoms with E-state index in [9.17, 15) is 4.79 Å². The summed E-state index contributed by atoms with van der Waals surface area (Å²) in [6.07, 6.45) is 0. The van der Waals surface area contributed by atoms with E-state index in [2.05, 4.69) is 4.52 Å². The van der Waals surface area contributed by atoms with Crippen LogP contribution in [0.2, 0.25) is 5.02 Å². The van der Waals surface area contributed by atoms with Crippen molar-refractivity contribution < 1.29 is 13.8 Å². The molecule has 2 rings (SSSR count). The first-order valence-electron chi connectivity index (χ1n) is 3.32. The van der Waals surface area contributed by atoms with Crippen molar-refractivity contribution in [1.29, 1.82) is 0 Å². The monoisotopic (exact) mass is 236 g/mol. The summed E-state index contributed by atoms with van der Waals surface area (Å²) in [7, 11) is -1.65. The summed E-state index contributed by atoms with van der Waals surface area (Å²) < 4.78 is 9.76. The van der Waals surface area contributed by atoms with Gasteiger partial charge in [-0.15, -0.1) is 0 Å². The maximum Gasteiger partial charge on any atom is 0.403 e. The van der Waals surface area contributed by atoms with Crippen LogP contribution in [-0.2, 0) is 4.52 Å². The highest BCUT2D eigenvalue weighted by atomic mass is 35.7. The van der Waals surface area contributed by atoms with Crippen LogP contribution in [0.3, 0.4) is 0 Å². The van der Waals surface area contributed by atoms with Gasteiger partial charge in [0.15, 0.2) is 0 Å². The van der Waals surface area contributed by atoms with Gasteiger partial charge in [-0.2, -0.15) is 0 Å². The van der Waals surface area contributed by atoms with E-state index in [1.165, 1.54) is 6.07 Å². The fourth-order valence-electron chi connectivity index (χ4n) is 0.952. The number of carbonyl (C=O) groups is 1. The van der Waals surface area contributed by atoms with Crippen LogP contribution < -0.4 is 4.52 Å². The lowest BCUT2D eigenvalue weighted by atomic mass is 10.2. The van der Waals surface area contributed by atoms with Crippen molar-refractivity contribution in [3.63, 3.8) is 0 Å². The molecule has 1 aromatic rings. The molecule has 1 unspecified atom stereocenters. The SMILES string of the molecule is O=C1OP(Cl)Oc2ccc(Cl)cc21. The Morgan fingerprint density at radius 3 is 2.85 bits per heavy atom. The molecule has 0 aromatic heterocycles. The van der Waals surface area contributed by atoms with E-state index in [4.69, 9.17) is 27.4 Å². The average Bonchev–Trinajstić information content (AvgIpc) is 2.06. The molecule has 0 radical (unpaired) electrons. The molecule has 1 atom stereocenters. The Hall–Kier alpha value is -0.500. The van der Waals surface area contributed by atoms with Crippen LogP contribution in [0.15, 0.2) is 18.2 Å². The Morgan fingerprint density at radius 1 is 1.31 bits per heavy atom. The summed E-state index contributed by atoms with van der Waals surface area (Å²) >= 11 is 11.2. The number of fused-ring (bicyclic) bond motifs is 1. The van der Waals surface area contributed by atoms with Crippen LogP contribution in [0.1, 0.15) is 10.4 Å². The fourth-order valence-corrected chi connectivity index (χ4v) is 2.11. The van der Waals surface area contributed by atoms with Gasteiger partial charge in [0, 0.05) is 5.02 Å². The zero-order valence-corrected chi connectivity index (χ0v) is 8.57. The third-order valence-corrected chi connectivity index (χ3v) is 2.79. The van der Waals surface area contributed by atoms with E-state index >= 15 is 0 Å². The van der Waals surface area contributed by atoms with Crippen molar-refractivity contribution in [2.75, 3.05) is 0 Å². The maximum atomic E-state index is 11.2. The van der Waals surface area contributed by atoms with E-state index in [0.29, 0.717) is 16.3 Å². The average molecular weight is 237 g/mol. The lowest BCUT2D eigenvalue weighted by Gasteiger charge is -2.18. The third kappa shape index (κ3) is 1.73. The van der Waals surface area contributed by atoms with Crippen molar-refractivity contribution >= 4 is 36.5 Å². The highest BCUT2D eigenvalue weighted by Gasteiger charge is 2.27. The molecule has 0 bridgehead atoms. The summed E-state index contributed by atoms with van der Waals surface area (Å²) in [5.74, 6) is -0.0772. The lowest BCUT2D eigenvalue weighted by molar-refractivity contribution is 0.0728. The standard InChI is InChI=1S/C7H3Cl2O3P/c8-4-1-2-6-5(3-4)7(10)12-13(9)11-6/h1-3H. The Labute approximate surface area is 85.3 Å². The normalized spacial score (nSPS) is 20.2. The van der Waals surface area contributed by atoms with Gasteiger partial charge in [-0.25, -0.2) is 4.79 Å². The minimum Gasteiger partial charge on any atom is -0.426 e. The summed E-state index contributed by atoms with van der Waals surface area (Å²) in [4.78, 5) is 11.2. The Morgan fingerprint density at radius 2 is 2.08 bits per heavy atom. The summed E-state index contributed by atoms with van der Waals surface area (Å²) in [6, 6.07) is 4.70. The predicted molar refractivity (Wildman–Crippen MR) is 50.3 cm³/mol. The maximum absolute atomic E-state index is 11.2. The fraction of sp³-hybridized carbons (Fsp3) is 0. The first-order chi connectivity index (χ1) is 6.16. The van der Waals surface area contributed by atoms with Gasteiger partial charge in [0.25, 0.3) is 0 Å². The zero-order chi connectivity index (χ0) is 9.42. The largest absolute Gasteiger partial charge is 0.426 e. The van der Waals surface area contributed by atoms with Crippen LogP contribution >= 0.6 is 30.6 Å². The van der Waals surface area contributed by atoms with E-state index in [1.54, 1.807) is 12.1 Å². The van der Waals surface area contributed by atoms with Gasteiger partial charge in [0.2, 0.25) is 0 Å². The van der Waals surface area contributed by atoms with Crippen LogP contribution in [-0.4, -0.2) is 5.97 Å². The van der Waals surface area contributed by atoms with Gasteiger partial charge in [0.1, 0.15) is 11.3 Å². The van der Waals surface area contributed by atoms with E-state index < -0.39 is 13.7 Å². The predicted octanol–water partition coefficient (Wildman–Crippen LogP) is 3.35. The minimum absolute atomic E-state index is 0.312. The molecule has 1 aliphatic heterocycles. The van der Waals surface area contributed by atoms with Crippen molar-refractivity contribution in [3.05, 3.63) is 28.8 Å². The molecule has 1 aliphatic rings. The number of halogens is 2. The second-order valence-electron chi connectivity index (χ2n) is 2.32. The Bertz CT molecular complexity index is 369. The summed E-state index contributed by atoms with van der Waals surface area (Å²) in [5.41, 5.74) is 0.312. The number of hydrogen-bond acceptors (Lipinski definition) is 3. The van der Waals surface area contributed by atoms with Gasteiger partial charge in [-0.1, -0.05) is 11.6 Å².